The summed E-state index contributed by atoms with van der Waals surface area (Å²) in [6, 6.07) is 2.09. The van der Waals surface area contributed by atoms with Gasteiger partial charge in [0.2, 0.25) is 0 Å². The maximum Gasteiger partial charge on any atom is 0.170 e. The molecule has 0 N–H and O–H groups in total. The SMILES string of the molecule is c1nc2n(n1)Cc1cncn1-c1ccsc1-2. The van der Waals surface area contributed by atoms with Crippen molar-refractivity contribution in [2.75, 3.05) is 0 Å². The van der Waals surface area contributed by atoms with Crippen molar-refractivity contribution in [2.45, 2.75) is 6.54 Å². The van der Waals surface area contributed by atoms with Gasteiger partial charge >= 0.3 is 0 Å². The van der Waals surface area contributed by atoms with E-state index in [2.05, 4.69) is 31.1 Å². The van der Waals surface area contributed by atoms with Gasteiger partial charge < -0.3 is 0 Å². The average molecular weight is 229 g/mol. The summed E-state index contributed by atoms with van der Waals surface area (Å²) in [6.07, 6.45) is 5.32. The smallest absolute Gasteiger partial charge is 0.170 e. The molecule has 0 spiro atoms. The van der Waals surface area contributed by atoms with Crippen LogP contribution in [0.15, 0.2) is 30.3 Å². The van der Waals surface area contributed by atoms with Crippen LogP contribution in [-0.4, -0.2) is 24.3 Å². The highest BCUT2D eigenvalue weighted by Crippen LogP contribution is 2.33. The summed E-state index contributed by atoms with van der Waals surface area (Å²) in [6.45, 7) is 0.719. The number of hydrogen-bond donors (Lipinski definition) is 0. The van der Waals surface area contributed by atoms with Gasteiger partial charge in [-0.15, -0.1) is 11.3 Å². The molecule has 0 radical (unpaired) electrons. The second-order valence-corrected chi connectivity index (χ2v) is 4.55. The normalized spacial score (nSPS) is 12.8. The Morgan fingerprint density at radius 1 is 1.38 bits per heavy atom. The molecule has 1 aliphatic heterocycles. The summed E-state index contributed by atoms with van der Waals surface area (Å²) in [5.74, 6) is 0.939. The average Bonchev–Trinajstić information content (AvgIpc) is 2.97. The number of hydrogen-bond acceptors (Lipinski definition) is 4. The summed E-state index contributed by atoms with van der Waals surface area (Å²) in [5.41, 5.74) is 2.27. The third kappa shape index (κ3) is 0.917. The Bertz CT molecular complexity index is 607. The molecule has 0 aliphatic carbocycles. The molecule has 3 aromatic heterocycles. The van der Waals surface area contributed by atoms with Crippen molar-refractivity contribution in [3.8, 4) is 16.4 Å². The van der Waals surface area contributed by atoms with Gasteiger partial charge in [0.05, 0.1) is 35.3 Å². The third-order valence-electron chi connectivity index (χ3n) is 2.75. The molecule has 3 aromatic rings. The first-order valence-electron chi connectivity index (χ1n) is 4.91. The molecule has 0 unspecified atom stereocenters. The minimum absolute atomic E-state index is 0.719. The third-order valence-corrected chi connectivity index (χ3v) is 3.65. The van der Waals surface area contributed by atoms with Crippen LogP contribution in [-0.2, 0) is 6.54 Å². The molecule has 16 heavy (non-hydrogen) atoms. The second-order valence-electron chi connectivity index (χ2n) is 3.63. The zero-order valence-electron chi connectivity index (χ0n) is 8.24. The highest BCUT2D eigenvalue weighted by Gasteiger charge is 2.21. The van der Waals surface area contributed by atoms with Crippen LogP contribution in [0.5, 0.6) is 0 Å². The van der Waals surface area contributed by atoms with E-state index in [9.17, 15) is 0 Å². The van der Waals surface area contributed by atoms with Crippen LogP contribution in [0, 0.1) is 0 Å². The predicted octanol–water partition coefficient (Wildman–Crippen LogP) is 1.55. The lowest BCUT2D eigenvalue weighted by Gasteiger charge is -2.02. The first kappa shape index (κ1) is 8.23. The molecule has 0 amide bonds. The molecule has 0 saturated carbocycles. The van der Waals surface area contributed by atoms with E-state index in [-0.39, 0.29) is 0 Å². The summed E-state index contributed by atoms with van der Waals surface area (Å²) in [4.78, 5) is 9.66. The van der Waals surface area contributed by atoms with E-state index >= 15 is 0 Å². The number of thiophene rings is 1. The zero-order chi connectivity index (χ0) is 10.5. The lowest BCUT2D eigenvalue weighted by atomic mass is 10.3. The monoisotopic (exact) mass is 229 g/mol. The van der Waals surface area contributed by atoms with E-state index in [1.54, 1.807) is 17.7 Å². The molecule has 0 fully saturated rings. The van der Waals surface area contributed by atoms with Crippen molar-refractivity contribution in [1.29, 1.82) is 0 Å². The fourth-order valence-corrected chi connectivity index (χ4v) is 2.91. The molecule has 1 aliphatic rings. The van der Waals surface area contributed by atoms with Crippen molar-refractivity contribution < 1.29 is 0 Å². The van der Waals surface area contributed by atoms with Crippen LogP contribution in [0.4, 0.5) is 0 Å². The standard InChI is InChI=1S/C10H7N5S/c1-2-16-9-8(1)14-6-11-3-7(14)4-15-10(9)12-5-13-15/h1-3,5-6H,4H2. The van der Waals surface area contributed by atoms with Crippen molar-refractivity contribution >= 4 is 11.3 Å². The molecule has 6 heteroatoms. The second kappa shape index (κ2) is 2.79. The maximum atomic E-state index is 4.32. The Hall–Kier alpha value is -1.95. The number of nitrogens with zero attached hydrogens (tertiary/aromatic N) is 5. The number of imidazole rings is 1. The van der Waals surface area contributed by atoms with Gasteiger partial charge in [0.25, 0.3) is 0 Å². The van der Waals surface area contributed by atoms with Gasteiger partial charge in [-0.1, -0.05) is 0 Å². The maximum absolute atomic E-state index is 4.32. The fraction of sp³-hybridized carbons (Fsp3) is 0.100. The van der Waals surface area contributed by atoms with Crippen LogP contribution in [0.1, 0.15) is 5.69 Å². The van der Waals surface area contributed by atoms with E-state index in [4.69, 9.17) is 0 Å². The predicted molar refractivity (Wildman–Crippen MR) is 59.6 cm³/mol. The molecule has 5 nitrogen and oxygen atoms in total. The quantitative estimate of drug-likeness (QED) is 0.459. The highest BCUT2D eigenvalue weighted by molar-refractivity contribution is 7.14. The van der Waals surface area contributed by atoms with Crippen LogP contribution >= 0.6 is 11.3 Å². The van der Waals surface area contributed by atoms with Gasteiger partial charge in [0.15, 0.2) is 5.82 Å². The van der Waals surface area contributed by atoms with Crippen molar-refractivity contribution in [3.63, 3.8) is 0 Å². The van der Waals surface area contributed by atoms with E-state index < -0.39 is 0 Å². The summed E-state index contributed by atoms with van der Waals surface area (Å²) in [5, 5.41) is 6.31. The van der Waals surface area contributed by atoms with E-state index in [1.807, 2.05) is 17.2 Å². The number of rotatable bonds is 0. The summed E-state index contributed by atoms with van der Waals surface area (Å²) in [7, 11) is 0. The van der Waals surface area contributed by atoms with Gasteiger partial charge in [-0.3, -0.25) is 4.57 Å². The molecule has 78 valence electrons. The van der Waals surface area contributed by atoms with E-state index in [0.29, 0.717) is 0 Å². The molecule has 4 rings (SSSR count). The molecule has 0 saturated heterocycles. The topological polar surface area (TPSA) is 48.5 Å². The fourth-order valence-electron chi connectivity index (χ4n) is 2.03. The van der Waals surface area contributed by atoms with E-state index in [0.717, 1.165) is 28.6 Å². The van der Waals surface area contributed by atoms with Crippen molar-refractivity contribution in [3.05, 3.63) is 36.0 Å². The van der Waals surface area contributed by atoms with Crippen molar-refractivity contribution in [2.24, 2.45) is 0 Å². The lowest BCUT2D eigenvalue weighted by molar-refractivity contribution is 0.677. The molecule has 0 bridgehead atoms. The lowest BCUT2D eigenvalue weighted by Crippen LogP contribution is -2.03. The Balaban J connectivity index is 2.14. The minimum atomic E-state index is 0.719. The minimum Gasteiger partial charge on any atom is -0.300 e. The van der Waals surface area contributed by atoms with Gasteiger partial charge in [-0.2, -0.15) is 5.10 Å². The molecule has 0 aromatic carbocycles. The van der Waals surface area contributed by atoms with Crippen LogP contribution < -0.4 is 0 Å². The first-order valence-corrected chi connectivity index (χ1v) is 5.79. The van der Waals surface area contributed by atoms with Gasteiger partial charge in [0.1, 0.15) is 6.33 Å². The number of fused-ring (bicyclic) bond motifs is 5. The van der Waals surface area contributed by atoms with Crippen LogP contribution in [0.25, 0.3) is 16.4 Å². The van der Waals surface area contributed by atoms with Gasteiger partial charge in [-0.25, -0.2) is 14.6 Å². The first-order chi connectivity index (χ1) is 7.93. The number of aromatic nitrogens is 5. The largest absolute Gasteiger partial charge is 0.300 e. The summed E-state index contributed by atoms with van der Waals surface area (Å²) >= 11 is 1.68. The molecule has 4 heterocycles. The van der Waals surface area contributed by atoms with Gasteiger partial charge in [0, 0.05) is 0 Å². The Labute approximate surface area is 95.0 Å². The Kier molecular flexibility index (Phi) is 1.44. The van der Waals surface area contributed by atoms with Gasteiger partial charge in [-0.05, 0) is 11.4 Å². The van der Waals surface area contributed by atoms with Crippen LogP contribution in [0.3, 0.4) is 0 Å². The molecular formula is C10H7N5S. The van der Waals surface area contributed by atoms with E-state index in [1.165, 1.54) is 0 Å². The Morgan fingerprint density at radius 2 is 2.38 bits per heavy atom. The van der Waals surface area contributed by atoms with Crippen LogP contribution in [0.2, 0.25) is 0 Å². The molecular weight excluding hydrogens is 222 g/mol. The highest BCUT2D eigenvalue weighted by atomic mass is 32.1. The Morgan fingerprint density at radius 3 is 3.38 bits per heavy atom. The zero-order valence-corrected chi connectivity index (χ0v) is 9.05. The molecule has 0 atom stereocenters. The summed E-state index contributed by atoms with van der Waals surface area (Å²) < 4.78 is 4.01. The van der Waals surface area contributed by atoms with Crippen molar-refractivity contribution in [1.82, 2.24) is 24.3 Å².